The van der Waals surface area contributed by atoms with Gasteiger partial charge in [-0.25, -0.2) is 15.0 Å². The number of hydrogen-bond donors (Lipinski definition) is 1. The van der Waals surface area contributed by atoms with Gasteiger partial charge < -0.3 is 15.5 Å². The van der Waals surface area contributed by atoms with Crippen LogP contribution in [0.5, 0.6) is 0 Å². The Labute approximate surface area is 185 Å². The summed E-state index contributed by atoms with van der Waals surface area (Å²) in [5, 5.41) is 1.49. The minimum atomic E-state index is -0.0408. The van der Waals surface area contributed by atoms with Gasteiger partial charge in [0, 0.05) is 37.1 Å². The van der Waals surface area contributed by atoms with Gasteiger partial charge in [-0.3, -0.25) is 4.79 Å². The first-order chi connectivity index (χ1) is 15.0. The molecular formula is C23H23ClN6O. The van der Waals surface area contributed by atoms with Gasteiger partial charge in [0.2, 0.25) is 5.91 Å². The maximum absolute atomic E-state index is 11.9. The molecule has 2 aliphatic rings. The maximum atomic E-state index is 11.9. The Bertz CT molecular complexity index is 1180. The molecule has 0 bridgehead atoms. The zero-order valence-corrected chi connectivity index (χ0v) is 17.8. The molecule has 2 N–H and O–H groups in total. The van der Waals surface area contributed by atoms with Crippen molar-refractivity contribution >= 4 is 40.0 Å². The molecule has 158 valence electrons. The third-order valence-corrected chi connectivity index (χ3v) is 6.30. The Morgan fingerprint density at radius 2 is 1.94 bits per heavy atom. The van der Waals surface area contributed by atoms with Crippen LogP contribution in [0.4, 0.5) is 11.6 Å². The summed E-state index contributed by atoms with van der Waals surface area (Å²) in [7, 11) is 0. The number of hydrogen-bond acceptors (Lipinski definition) is 6. The van der Waals surface area contributed by atoms with Crippen molar-refractivity contribution in [3.05, 3.63) is 53.8 Å². The first-order valence-corrected chi connectivity index (χ1v) is 10.8. The van der Waals surface area contributed by atoms with E-state index < -0.39 is 0 Å². The van der Waals surface area contributed by atoms with Crippen LogP contribution in [0.15, 0.2) is 43.2 Å². The number of nitrogen functional groups attached to an aromatic ring is 1. The topological polar surface area (TPSA) is 88.2 Å². The first kappa shape index (κ1) is 19.8. The van der Waals surface area contributed by atoms with Gasteiger partial charge >= 0.3 is 0 Å². The SMILES string of the molecule is C=CC(=O)N1CCN(c2ncnc3cc(-c4nc(N)ccc4C4CC4)c(Cl)cc23)CC1. The van der Waals surface area contributed by atoms with E-state index in [9.17, 15) is 4.79 Å². The molecule has 7 nitrogen and oxygen atoms in total. The van der Waals surface area contributed by atoms with Crippen LogP contribution in [0.25, 0.3) is 22.2 Å². The van der Waals surface area contributed by atoms with Crippen molar-refractivity contribution in [2.45, 2.75) is 18.8 Å². The number of carbonyl (C=O) groups is 1. The molecule has 0 spiro atoms. The van der Waals surface area contributed by atoms with Crippen molar-refractivity contribution in [2.24, 2.45) is 0 Å². The molecule has 3 aromatic rings. The van der Waals surface area contributed by atoms with E-state index in [1.807, 2.05) is 18.2 Å². The van der Waals surface area contributed by atoms with E-state index in [0.29, 0.717) is 42.9 Å². The number of carbonyl (C=O) groups excluding carboxylic acids is 1. The highest BCUT2D eigenvalue weighted by atomic mass is 35.5. The number of aromatic nitrogens is 3. The van der Waals surface area contributed by atoms with Gasteiger partial charge in [-0.1, -0.05) is 24.2 Å². The fourth-order valence-electron chi connectivity index (χ4n) is 4.19. The largest absolute Gasteiger partial charge is 0.384 e. The molecule has 8 heteroatoms. The zero-order valence-electron chi connectivity index (χ0n) is 17.1. The van der Waals surface area contributed by atoms with E-state index in [2.05, 4.69) is 32.5 Å². The van der Waals surface area contributed by atoms with E-state index in [-0.39, 0.29) is 5.91 Å². The summed E-state index contributed by atoms with van der Waals surface area (Å²) >= 11 is 6.76. The molecule has 1 amide bonds. The lowest BCUT2D eigenvalue weighted by atomic mass is 10.0. The normalized spacial score (nSPS) is 16.5. The minimum Gasteiger partial charge on any atom is -0.384 e. The lowest BCUT2D eigenvalue weighted by Gasteiger charge is -2.35. The Morgan fingerprint density at radius 1 is 1.16 bits per heavy atom. The second kappa shape index (κ2) is 7.81. The van der Waals surface area contributed by atoms with Crippen LogP contribution in [-0.2, 0) is 4.79 Å². The second-order valence-corrected chi connectivity index (χ2v) is 8.42. The Morgan fingerprint density at radius 3 is 2.65 bits per heavy atom. The number of piperazine rings is 1. The highest BCUT2D eigenvalue weighted by Gasteiger charge is 2.28. The van der Waals surface area contributed by atoms with Gasteiger partial charge in [0.1, 0.15) is 18.0 Å². The lowest BCUT2D eigenvalue weighted by molar-refractivity contribution is -0.126. The summed E-state index contributed by atoms with van der Waals surface area (Å²) in [6.07, 6.45) is 5.26. The molecular weight excluding hydrogens is 412 g/mol. The van der Waals surface area contributed by atoms with Crippen LogP contribution in [0, 0.1) is 0 Å². The Hall–Kier alpha value is -3.19. The minimum absolute atomic E-state index is 0.0408. The molecule has 3 heterocycles. The number of halogens is 1. The number of nitrogens with two attached hydrogens (primary N) is 1. The van der Waals surface area contributed by atoms with Gasteiger partial charge in [0.05, 0.1) is 16.2 Å². The number of nitrogens with zero attached hydrogens (tertiary/aromatic N) is 5. The van der Waals surface area contributed by atoms with Crippen molar-refractivity contribution in [3.63, 3.8) is 0 Å². The lowest BCUT2D eigenvalue weighted by Crippen LogP contribution is -2.48. The van der Waals surface area contributed by atoms with E-state index in [1.54, 1.807) is 11.2 Å². The van der Waals surface area contributed by atoms with Crippen LogP contribution in [0.1, 0.15) is 24.3 Å². The molecule has 2 aromatic heterocycles. The molecule has 1 aliphatic heterocycles. The molecule has 1 aromatic carbocycles. The predicted molar refractivity (Wildman–Crippen MR) is 123 cm³/mol. The van der Waals surface area contributed by atoms with Crippen LogP contribution >= 0.6 is 11.6 Å². The number of rotatable bonds is 4. The third-order valence-electron chi connectivity index (χ3n) is 5.99. The molecule has 0 radical (unpaired) electrons. The number of fused-ring (bicyclic) bond motifs is 1. The van der Waals surface area contributed by atoms with Crippen LogP contribution in [0.2, 0.25) is 5.02 Å². The van der Waals surface area contributed by atoms with Gasteiger partial charge in [-0.2, -0.15) is 0 Å². The summed E-state index contributed by atoms with van der Waals surface area (Å²) in [6.45, 7) is 6.20. The number of pyridine rings is 1. The number of anilines is 2. The fraction of sp³-hybridized carbons (Fsp3) is 0.304. The molecule has 2 fully saturated rings. The van der Waals surface area contributed by atoms with E-state index in [0.717, 1.165) is 40.8 Å². The monoisotopic (exact) mass is 434 g/mol. The molecule has 0 unspecified atom stereocenters. The highest BCUT2D eigenvalue weighted by Crippen LogP contribution is 2.45. The fourth-order valence-corrected chi connectivity index (χ4v) is 4.44. The van der Waals surface area contributed by atoms with Gasteiger partial charge in [0.25, 0.3) is 0 Å². The summed E-state index contributed by atoms with van der Waals surface area (Å²) in [4.78, 5) is 29.5. The van der Waals surface area contributed by atoms with Crippen LogP contribution in [0.3, 0.4) is 0 Å². The van der Waals surface area contributed by atoms with Crippen LogP contribution < -0.4 is 10.6 Å². The predicted octanol–water partition coefficient (Wildman–Crippen LogP) is 3.64. The van der Waals surface area contributed by atoms with Gasteiger partial charge in [-0.15, -0.1) is 0 Å². The van der Waals surface area contributed by atoms with Crippen molar-refractivity contribution in [2.75, 3.05) is 36.8 Å². The molecule has 5 rings (SSSR count). The van der Waals surface area contributed by atoms with Gasteiger partial charge in [-0.05, 0) is 48.6 Å². The van der Waals surface area contributed by atoms with Crippen molar-refractivity contribution in [3.8, 4) is 11.3 Å². The Kier molecular flexibility index (Phi) is 4.98. The smallest absolute Gasteiger partial charge is 0.246 e. The standard InChI is InChI=1S/C23H23ClN6O/c1-2-21(31)29-7-9-30(10-8-29)23-17-11-18(24)16(12-19(17)26-13-27-23)22-15(14-3-4-14)5-6-20(25)28-22/h2,5-6,11-14H,1,3-4,7-10H2,(H2,25,28). The quantitative estimate of drug-likeness (QED) is 0.630. The average Bonchev–Trinajstić information content (AvgIpc) is 3.63. The Balaban J connectivity index is 1.52. The molecule has 1 saturated heterocycles. The van der Waals surface area contributed by atoms with Gasteiger partial charge in [0.15, 0.2) is 0 Å². The van der Waals surface area contributed by atoms with E-state index >= 15 is 0 Å². The summed E-state index contributed by atoms with van der Waals surface area (Å²) in [5.74, 6) is 1.78. The molecule has 1 aliphatic carbocycles. The first-order valence-electron chi connectivity index (χ1n) is 10.4. The molecule has 31 heavy (non-hydrogen) atoms. The van der Waals surface area contributed by atoms with Crippen molar-refractivity contribution < 1.29 is 4.79 Å². The summed E-state index contributed by atoms with van der Waals surface area (Å²) < 4.78 is 0. The van der Waals surface area contributed by atoms with E-state index in [1.165, 1.54) is 11.6 Å². The zero-order chi connectivity index (χ0) is 21.5. The number of amides is 1. The summed E-state index contributed by atoms with van der Waals surface area (Å²) in [5.41, 5.74) is 9.67. The van der Waals surface area contributed by atoms with E-state index in [4.69, 9.17) is 17.3 Å². The average molecular weight is 435 g/mol. The third kappa shape index (κ3) is 3.70. The van der Waals surface area contributed by atoms with Crippen molar-refractivity contribution in [1.82, 2.24) is 19.9 Å². The molecule has 1 saturated carbocycles. The summed E-state index contributed by atoms with van der Waals surface area (Å²) in [6, 6.07) is 7.81. The maximum Gasteiger partial charge on any atom is 0.246 e. The van der Waals surface area contributed by atoms with Crippen molar-refractivity contribution in [1.29, 1.82) is 0 Å². The number of benzene rings is 1. The van der Waals surface area contributed by atoms with Crippen LogP contribution in [-0.4, -0.2) is 51.9 Å². The highest BCUT2D eigenvalue weighted by molar-refractivity contribution is 6.34. The molecule has 0 atom stereocenters. The second-order valence-electron chi connectivity index (χ2n) is 8.01.